The van der Waals surface area contributed by atoms with E-state index < -0.39 is 22.0 Å². The van der Waals surface area contributed by atoms with Gasteiger partial charge < -0.3 is 10.1 Å². The summed E-state index contributed by atoms with van der Waals surface area (Å²) in [4.78, 5) is 12.7. The van der Waals surface area contributed by atoms with Gasteiger partial charge in [-0.2, -0.15) is 0 Å². The summed E-state index contributed by atoms with van der Waals surface area (Å²) in [5, 5.41) is 2.75. The maximum Gasteiger partial charge on any atom is 0.247 e. The molecular formula is C22H22N2O4S. The van der Waals surface area contributed by atoms with E-state index in [4.69, 9.17) is 4.74 Å². The SMILES string of the molecule is C[C@@H](C(=O)Nc1ccc(Oc2ccccc2)cc1)N(c1ccccc1)S(C)(=O)=O. The van der Waals surface area contributed by atoms with Crippen molar-refractivity contribution in [1.29, 1.82) is 0 Å². The fourth-order valence-electron chi connectivity index (χ4n) is 2.86. The predicted molar refractivity (Wildman–Crippen MR) is 115 cm³/mol. The first-order chi connectivity index (χ1) is 13.8. The molecule has 3 aromatic rings. The third-order valence-electron chi connectivity index (χ3n) is 4.20. The van der Waals surface area contributed by atoms with Gasteiger partial charge in [-0.05, 0) is 55.5 Å². The van der Waals surface area contributed by atoms with Gasteiger partial charge >= 0.3 is 0 Å². The van der Waals surface area contributed by atoms with E-state index in [9.17, 15) is 13.2 Å². The predicted octanol–water partition coefficient (Wildman–Crippen LogP) is 4.27. The molecule has 0 aliphatic rings. The van der Waals surface area contributed by atoms with E-state index in [1.807, 2.05) is 30.3 Å². The monoisotopic (exact) mass is 410 g/mol. The normalized spacial score (nSPS) is 12.1. The number of amides is 1. The van der Waals surface area contributed by atoms with Gasteiger partial charge in [0.15, 0.2) is 0 Å². The van der Waals surface area contributed by atoms with Gasteiger partial charge in [0.2, 0.25) is 15.9 Å². The van der Waals surface area contributed by atoms with Crippen molar-refractivity contribution in [3.05, 3.63) is 84.9 Å². The standard InChI is InChI=1S/C22H22N2O4S/c1-17(24(29(2,26)27)19-9-5-3-6-10-19)22(25)23-18-13-15-21(16-14-18)28-20-11-7-4-8-12-20/h3-17H,1-2H3,(H,23,25)/t17-/m0/s1. The highest BCUT2D eigenvalue weighted by molar-refractivity contribution is 7.92. The van der Waals surface area contributed by atoms with E-state index in [2.05, 4.69) is 5.32 Å². The molecule has 1 N–H and O–H groups in total. The van der Waals surface area contributed by atoms with Crippen molar-refractivity contribution < 1.29 is 17.9 Å². The van der Waals surface area contributed by atoms with Crippen LogP contribution >= 0.6 is 0 Å². The summed E-state index contributed by atoms with van der Waals surface area (Å²) in [6.45, 7) is 1.55. The molecule has 0 spiro atoms. The molecule has 7 heteroatoms. The van der Waals surface area contributed by atoms with Crippen LogP contribution in [0.2, 0.25) is 0 Å². The number of anilines is 2. The second-order valence-electron chi connectivity index (χ2n) is 6.50. The molecule has 0 aliphatic carbocycles. The molecule has 3 rings (SSSR count). The van der Waals surface area contributed by atoms with Gasteiger partial charge in [0.1, 0.15) is 17.5 Å². The Morgan fingerprint density at radius 2 is 1.38 bits per heavy atom. The minimum absolute atomic E-state index is 0.434. The van der Waals surface area contributed by atoms with E-state index in [0.29, 0.717) is 22.9 Å². The summed E-state index contributed by atoms with van der Waals surface area (Å²) in [6.07, 6.45) is 1.08. The molecule has 1 atom stereocenters. The first-order valence-electron chi connectivity index (χ1n) is 9.03. The van der Waals surface area contributed by atoms with Crippen LogP contribution in [0.25, 0.3) is 0 Å². The van der Waals surface area contributed by atoms with Crippen molar-refractivity contribution in [3.8, 4) is 11.5 Å². The van der Waals surface area contributed by atoms with Crippen LogP contribution in [0.3, 0.4) is 0 Å². The number of benzene rings is 3. The number of para-hydroxylation sites is 2. The highest BCUT2D eigenvalue weighted by Crippen LogP contribution is 2.24. The lowest BCUT2D eigenvalue weighted by Crippen LogP contribution is -2.45. The minimum atomic E-state index is -3.64. The van der Waals surface area contributed by atoms with Crippen LogP contribution in [0.4, 0.5) is 11.4 Å². The van der Waals surface area contributed by atoms with Crippen LogP contribution in [0.1, 0.15) is 6.92 Å². The lowest BCUT2D eigenvalue weighted by atomic mass is 10.2. The lowest BCUT2D eigenvalue weighted by molar-refractivity contribution is -0.116. The summed E-state index contributed by atoms with van der Waals surface area (Å²) in [5.74, 6) is 0.907. The molecule has 0 aromatic heterocycles. The Morgan fingerprint density at radius 3 is 1.93 bits per heavy atom. The third-order valence-corrected chi connectivity index (χ3v) is 5.44. The molecule has 150 valence electrons. The van der Waals surface area contributed by atoms with Crippen molar-refractivity contribution in [2.75, 3.05) is 15.9 Å². The molecule has 0 saturated heterocycles. The van der Waals surface area contributed by atoms with Gasteiger partial charge in [0.25, 0.3) is 0 Å². The Hall–Kier alpha value is -3.32. The number of nitrogens with zero attached hydrogens (tertiary/aromatic N) is 1. The summed E-state index contributed by atoms with van der Waals surface area (Å²) in [7, 11) is -3.64. The van der Waals surface area contributed by atoms with E-state index >= 15 is 0 Å². The molecule has 0 unspecified atom stereocenters. The van der Waals surface area contributed by atoms with E-state index in [1.54, 1.807) is 61.5 Å². The highest BCUT2D eigenvalue weighted by Gasteiger charge is 2.29. The molecule has 6 nitrogen and oxygen atoms in total. The Labute approximate surface area is 170 Å². The zero-order chi connectivity index (χ0) is 20.9. The Balaban J connectivity index is 1.71. The number of nitrogens with one attached hydrogen (secondary N) is 1. The summed E-state index contributed by atoms with van der Waals surface area (Å²) in [5.41, 5.74) is 0.980. The molecule has 0 heterocycles. The third kappa shape index (κ3) is 5.36. The maximum absolute atomic E-state index is 12.7. The second kappa shape index (κ2) is 8.79. The summed E-state index contributed by atoms with van der Waals surface area (Å²) < 4.78 is 31.4. The molecular weight excluding hydrogens is 388 g/mol. The van der Waals surface area contributed by atoms with Crippen molar-refractivity contribution in [2.45, 2.75) is 13.0 Å². The number of hydrogen-bond donors (Lipinski definition) is 1. The van der Waals surface area contributed by atoms with Crippen molar-refractivity contribution in [1.82, 2.24) is 0 Å². The number of carbonyl (C=O) groups is 1. The fourth-order valence-corrected chi connectivity index (χ4v) is 4.04. The van der Waals surface area contributed by atoms with Crippen LogP contribution in [0, 0.1) is 0 Å². The average Bonchev–Trinajstić information content (AvgIpc) is 2.70. The summed E-state index contributed by atoms with van der Waals surface area (Å²) in [6, 6.07) is 23.9. The van der Waals surface area contributed by atoms with E-state index in [-0.39, 0.29) is 0 Å². The van der Waals surface area contributed by atoms with Crippen LogP contribution in [-0.2, 0) is 14.8 Å². The van der Waals surface area contributed by atoms with Gasteiger partial charge in [-0.1, -0.05) is 36.4 Å². The second-order valence-corrected chi connectivity index (χ2v) is 8.36. The molecule has 1 amide bonds. The number of sulfonamides is 1. The zero-order valence-electron chi connectivity index (χ0n) is 16.1. The number of carbonyl (C=O) groups excluding carboxylic acids is 1. The van der Waals surface area contributed by atoms with Gasteiger partial charge in [0, 0.05) is 5.69 Å². The minimum Gasteiger partial charge on any atom is -0.457 e. The van der Waals surface area contributed by atoms with Crippen LogP contribution < -0.4 is 14.4 Å². The molecule has 29 heavy (non-hydrogen) atoms. The van der Waals surface area contributed by atoms with Crippen LogP contribution in [0.5, 0.6) is 11.5 Å². The maximum atomic E-state index is 12.7. The topological polar surface area (TPSA) is 75.7 Å². The van der Waals surface area contributed by atoms with Gasteiger partial charge in [-0.3, -0.25) is 9.10 Å². The fraction of sp³-hybridized carbons (Fsp3) is 0.136. The van der Waals surface area contributed by atoms with Gasteiger partial charge in [0.05, 0.1) is 11.9 Å². The van der Waals surface area contributed by atoms with Crippen molar-refractivity contribution in [3.63, 3.8) is 0 Å². The van der Waals surface area contributed by atoms with Gasteiger partial charge in [-0.15, -0.1) is 0 Å². The Morgan fingerprint density at radius 1 is 0.862 bits per heavy atom. The smallest absolute Gasteiger partial charge is 0.247 e. The summed E-state index contributed by atoms with van der Waals surface area (Å²) >= 11 is 0. The molecule has 0 aliphatic heterocycles. The molecule has 0 fully saturated rings. The number of hydrogen-bond acceptors (Lipinski definition) is 4. The van der Waals surface area contributed by atoms with Crippen LogP contribution in [0.15, 0.2) is 84.9 Å². The first kappa shape index (κ1) is 20.4. The lowest BCUT2D eigenvalue weighted by Gasteiger charge is -2.28. The quantitative estimate of drug-likeness (QED) is 0.631. The van der Waals surface area contributed by atoms with Crippen LogP contribution in [-0.4, -0.2) is 26.6 Å². The molecule has 0 saturated carbocycles. The van der Waals surface area contributed by atoms with Crippen molar-refractivity contribution in [2.24, 2.45) is 0 Å². The largest absolute Gasteiger partial charge is 0.457 e. The Kier molecular flexibility index (Phi) is 6.19. The average molecular weight is 410 g/mol. The van der Waals surface area contributed by atoms with Gasteiger partial charge in [-0.25, -0.2) is 8.42 Å². The van der Waals surface area contributed by atoms with Crippen molar-refractivity contribution >= 4 is 27.3 Å². The first-order valence-corrected chi connectivity index (χ1v) is 10.9. The number of ether oxygens (including phenoxy) is 1. The Bertz CT molecular complexity index is 1050. The molecule has 0 radical (unpaired) electrons. The van der Waals surface area contributed by atoms with E-state index in [0.717, 1.165) is 10.6 Å². The highest BCUT2D eigenvalue weighted by atomic mass is 32.2. The zero-order valence-corrected chi connectivity index (χ0v) is 17.0. The molecule has 0 bridgehead atoms. The number of rotatable bonds is 7. The molecule has 3 aromatic carbocycles. The van der Waals surface area contributed by atoms with E-state index in [1.165, 1.54) is 0 Å².